The molecule has 0 saturated carbocycles. The van der Waals surface area contributed by atoms with E-state index in [1.54, 1.807) is 4.68 Å². The van der Waals surface area contributed by atoms with Crippen molar-refractivity contribution in [2.45, 2.75) is 59.2 Å². The number of nitrogens with zero attached hydrogens (tertiary/aromatic N) is 2. The summed E-state index contributed by atoms with van der Waals surface area (Å²) in [5.74, 6) is -0.400. The molecule has 2 unspecified atom stereocenters. The third kappa shape index (κ3) is 3.57. The molecule has 1 rings (SSSR count). The minimum absolute atomic E-state index is 0.228. The monoisotopic (exact) mass is 253 g/mol. The number of carbonyl (C=O) groups is 1. The van der Waals surface area contributed by atoms with Crippen LogP contribution in [-0.4, -0.2) is 27.4 Å². The lowest BCUT2D eigenvalue weighted by Gasteiger charge is -2.25. The fourth-order valence-corrected chi connectivity index (χ4v) is 1.78. The molecule has 0 amide bonds. The molecule has 1 heterocycles. The highest BCUT2D eigenvalue weighted by Gasteiger charge is 2.28. The van der Waals surface area contributed by atoms with Crippen LogP contribution in [0.4, 0.5) is 0 Å². The zero-order valence-electron chi connectivity index (χ0n) is 12.0. The van der Waals surface area contributed by atoms with Crippen molar-refractivity contribution in [3.63, 3.8) is 0 Å². The first-order valence-electron chi connectivity index (χ1n) is 6.13. The van der Waals surface area contributed by atoms with Gasteiger partial charge in [-0.05, 0) is 47.6 Å². The Hall–Kier alpha value is -1.36. The van der Waals surface area contributed by atoms with Gasteiger partial charge in [0.25, 0.3) is 0 Å². The largest absolute Gasteiger partial charge is 0.459 e. The van der Waals surface area contributed by atoms with E-state index in [9.17, 15) is 4.79 Å². The third-order valence-corrected chi connectivity index (χ3v) is 2.63. The van der Waals surface area contributed by atoms with Crippen LogP contribution in [0.15, 0.2) is 6.07 Å². The Morgan fingerprint density at radius 3 is 2.39 bits per heavy atom. The molecule has 5 nitrogen and oxygen atoms in total. The number of rotatable bonds is 3. The molecule has 0 saturated heterocycles. The molecule has 0 aliphatic heterocycles. The Labute approximate surface area is 108 Å². The van der Waals surface area contributed by atoms with Crippen molar-refractivity contribution in [1.29, 1.82) is 0 Å². The number of hydrogen-bond acceptors (Lipinski definition) is 4. The normalized spacial score (nSPS) is 15.3. The minimum atomic E-state index is -0.720. The minimum Gasteiger partial charge on any atom is -0.459 e. The number of carbonyl (C=O) groups excluding carboxylic acids is 1. The van der Waals surface area contributed by atoms with Gasteiger partial charge in [-0.3, -0.25) is 9.48 Å². The number of aryl methyl sites for hydroxylation is 2. The summed E-state index contributed by atoms with van der Waals surface area (Å²) in [7, 11) is 0. The van der Waals surface area contributed by atoms with Gasteiger partial charge >= 0.3 is 5.97 Å². The lowest BCUT2D eigenvalue weighted by atomic mass is 10.1. The van der Waals surface area contributed by atoms with Gasteiger partial charge in [-0.1, -0.05) is 0 Å². The SMILES string of the molecule is Cc1cc(C)n(C(C)C(N)C(=O)OC(C)(C)C)n1. The molecule has 0 fully saturated rings. The molecule has 0 bridgehead atoms. The lowest BCUT2D eigenvalue weighted by Crippen LogP contribution is -2.43. The molecule has 0 spiro atoms. The van der Waals surface area contributed by atoms with Crippen LogP contribution in [0.5, 0.6) is 0 Å². The van der Waals surface area contributed by atoms with Crippen LogP contribution in [0.25, 0.3) is 0 Å². The smallest absolute Gasteiger partial charge is 0.325 e. The van der Waals surface area contributed by atoms with E-state index >= 15 is 0 Å². The zero-order chi connectivity index (χ0) is 14.1. The Morgan fingerprint density at radius 2 is 2.00 bits per heavy atom. The number of hydrogen-bond donors (Lipinski definition) is 1. The van der Waals surface area contributed by atoms with E-state index in [1.165, 1.54) is 0 Å². The molecule has 0 radical (unpaired) electrons. The van der Waals surface area contributed by atoms with Crippen LogP contribution in [-0.2, 0) is 9.53 Å². The molecule has 2 atom stereocenters. The van der Waals surface area contributed by atoms with Crippen molar-refractivity contribution in [2.24, 2.45) is 5.73 Å². The highest BCUT2D eigenvalue weighted by Crippen LogP contribution is 2.16. The maximum atomic E-state index is 11.9. The first kappa shape index (κ1) is 14.7. The molecule has 2 N–H and O–H groups in total. The molecule has 5 heteroatoms. The number of esters is 1. The van der Waals surface area contributed by atoms with Crippen LogP contribution >= 0.6 is 0 Å². The van der Waals surface area contributed by atoms with Crippen molar-refractivity contribution < 1.29 is 9.53 Å². The van der Waals surface area contributed by atoms with Gasteiger partial charge in [0, 0.05) is 5.69 Å². The van der Waals surface area contributed by atoms with Crippen molar-refractivity contribution >= 4 is 5.97 Å². The number of nitrogens with two attached hydrogens (primary N) is 1. The second-order valence-electron chi connectivity index (χ2n) is 5.67. The van der Waals surface area contributed by atoms with E-state index in [4.69, 9.17) is 10.5 Å². The van der Waals surface area contributed by atoms with Gasteiger partial charge in [0.05, 0.1) is 11.7 Å². The third-order valence-electron chi connectivity index (χ3n) is 2.63. The molecule has 1 aromatic heterocycles. The summed E-state index contributed by atoms with van der Waals surface area (Å²) in [4.78, 5) is 11.9. The van der Waals surface area contributed by atoms with Crippen LogP contribution in [0.3, 0.4) is 0 Å². The predicted molar refractivity (Wildman–Crippen MR) is 70.2 cm³/mol. The fourth-order valence-electron chi connectivity index (χ4n) is 1.78. The Morgan fingerprint density at radius 1 is 1.44 bits per heavy atom. The van der Waals surface area contributed by atoms with Crippen LogP contribution in [0.1, 0.15) is 45.1 Å². The molecule has 0 aliphatic carbocycles. The average Bonchev–Trinajstić information content (AvgIpc) is 2.53. The van der Waals surface area contributed by atoms with Crippen molar-refractivity contribution in [3.8, 4) is 0 Å². The van der Waals surface area contributed by atoms with Gasteiger partial charge in [-0.15, -0.1) is 0 Å². The van der Waals surface area contributed by atoms with Gasteiger partial charge in [-0.2, -0.15) is 5.10 Å². The summed E-state index contributed by atoms with van der Waals surface area (Å²) in [5.41, 5.74) is 7.32. The summed E-state index contributed by atoms with van der Waals surface area (Å²) in [6.07, 6.45) is 0. The van der Waals surface area contributed by atoms with Gasteiger partial charge in [0.2, 0.25) is 0 Å². The summed E-state index contributed by atoms with van der Waals surface area (Å²) in [6, 6.07) is 1.01. The van der Waals surface area contributed by atoms with Crippen molar-refractivity contribution in [3.05, 3.63) is 17.5 Å². The van der Waals surface area contributed by atoms with Gasteiger partial charge in [-0.25, -0.2) is 0 Å². The van der Waals surface area contributed by atoms with Crippen LogP contribution in [0, 0.1) is 13.8 Å². The Bertz CT molecular complexity index is 432. The maximum Gasteiger partial charge on any atom is 0.325 e. The molecular weight excluding hydrogens is 230 g/mol. The van der Waals surface area contributed by atoms with Gasteiger partial charge in [0.1, 0.15) is 11.6 Å². The average molecular weight is 253 g/mol. The standard InChI is InChI=1S/C13H23N3O2/c1-8-7-9(2)16(15-8)10(3)11(14)12(17)18-13(4,5)6/h7,10-11H,14H2,1-6H3. The van der Waals surface area contributed by atoms with E-state index in [2.05, 4.69) is 5.10 Å². The van der Waals surface area contributed by atoms with E-state index in [0.717, 1.165) is 11.4 Å². The Balaban J connectivity index is 2.81. The molecular formula is C13H23N3O2. The first-order chi connectivity index (χ1) is 8.11. The van der Waals surface area contributed by atoms with Crippen LogP contribution in [0.2, 0.25) is 0 Å². The fraction of sp³-hybridized carbons (Fsp3) is 0.692. The predicted octanol–water partition coefficient (Wildman–Crippen LogP) is 1.73. The van der Waals surface area contributed by atoms with Gasteiger partial charge < -0.3 is 10.5 Å². The highest BCUT2D eigenvalue weighted by atomic mass is 16.6. The first-order valence-corrected chi connectivity index (χ1v) is 6.13. The van der Waals surface area contributed by atoms with E-state index in [-0.39, 0.29) is 6.04 Å². The maximum absolute atomic E-state index is 11.9. The van der Waals surface area contributed by atoms with E-state index in [1.807, 2.05) is 47.6 Å². The Kier molecular flexibility index (Phi) is 4.16. The van der Waals surface area contributed by atoms with Crippen LogP contribution < -0.4 is 5.73 Å². The van der Waals surface area contributed by atoms with Crippen molar-refractivity contribution in [2.75, 3.05) is 0 Å². The summed E-state index contributed by atoms with van der Waals surface area (Å²) in [5, 5.41) is 4.34. The summed E-state index contributed by atoms with van der Waals surface area (Å²) < 4.78 is 7.05. The summed E-state index contributed by atoms with van der Waals surface area (Å²) >= 11 is 0. The molecule has 102 valence electrons. The topological polar surface area (TPSA) is 70.1 Å². The van der Waals surface area contributed by atoms with Gasteiger partial charge in [0.15, 0.2) is 0 Å². The highest BCUT2D eigenvalue weighted by molar-refractivity contribution is 5.76. The second-order valence-corrected chi connectivity index (χ2v) is 5.67. The molecule has 0 aromatic carbocycles. The van der Waals surface area contributed by atoms with Crippen molar-refractivity contribution in [1.82, 2.24) is 9.78 Å². The molecule has 0 aliphatic rings. The van der Waals surface area contributed by atoms with E-state index < -0.39 is 17.6 Å². The second kappa shape index (κ2) is 5.10. The van der Waals surface area contributed by atoms with E-state index in [0.29, 0.717) is 0 Å². The quantitative estimate of drug-likeness (QED) is 0.833. The lowest BCUT2D eigenvalue weighted by molar-refractivity contribution is -0.157. The number of ether oxygens (including phenoxy) is 1. The molecule has 18 heavy (non-hydrogen) atoms. The molecule has 1 aromatic rings. The zero-order valence-corrected chi connectivity index (χ0v) is 12.0. The number of aromatic nitrogens is 2. The summed E-state index contributed by atoms with van der Waals surface area (Å²) in [6.45, 7) is 11.2.